The van der Waals surface area contributed by atoms with E-state index in [0.29, 0.717) is 185 Å². The number of hydrogen-bond acceptors (Lipinski definition) is 20. The minimum Gasteiger partial charge on any atom is -0.478 e. The number of nitrogens with two attached hydrogens (primary N) is 3. The number of anilines is 2. The normalized spacial score (nSPS) is 18.5. The number of aromatic nitrogens is 12. The highest BCUT2D eigenvalue weighted by atomic mass is 19.2. The molecule has 0 spiro atoms. The molecule has 36 heteroatoms. The predicted molar refractivity (Wildman–Crippen MR) is 457 cm³/mol. The molecule has 6 saturated heterocycles. The standard InChI is InChI=1S/2C23H25FN6O3.C23H26FN5O2.C20H19FN4O3/c1-23(24)3-6-28(7-4-23)21(31)16-8-15-2-5-29(20(15)27-11-16)17-9-18(13-26-12-17)30-14-19(10-25)33-22(30)32;1-23(24)5-8-28(9-6-23)21(31)16-10-15-4-7-29(20(15)27-12-16)17-2-3-19(26-13-17)30-14-18(11-25)33-22(30)32;1-22(2,21(25)31)17-11-18(14-26-13-17)29-7-4-15-10-16(12-27-19(15)29)20(30)28-8-5-23(3,24)6-9-28;1-20(21)5-8-24(9-6-20)18(26)15-10-13-4-7-25(17(13)23-12-15)16-3-2-14(11-22-16)19(27)28/h2,5,8-9,11-13,19H,3-4,6-7,10,14,25H2,1H3;2-4,7,10,12-13,18H,5-6,8-9,11,14,25H2,1H3;4,7,10-14H,5-6,8-9H2,1-3H3,(H2,25,31);2-4,7,10-12H,5-6,8-9H2,1H3,(H,27,28)/t19-;18-;;/m11../s1. The number of carbonyl (C=O) groups is 8. The van der Waals surface area contributed by atoms with Crippen LogP contribution in [0.4, 0.5) is 38.7 Å². The lowest BCUT2D eigenvalue weighted by Gasteiger charge is -2.34. The van der Waals surface area contributed by atoms with E-state index in [0.717, 1.165) is 38.6 Å². The zero-order valence-electron chi connectivity index (χ0n) is 69.8. The SMILES string of the molecule is CC1(F)CCN(C(=O)c2cnc3c(ccn3-c3ccc(C(=O)O)cn3)c2)CC1.CC1(F)CCN(C(=O)c2cnc3c(ccn3-c3ccc(N4C[C@@H](CN)OC4=O)nc3)c2)CC1.CC1(F)CCN(C(=O)c2cnc3c(ccn3-c3cncc(C(C)(C)C(N)=O)c3)c2)CC1.CC1(F)CCN(C(=O)c2cnc3c(ccn3-c3cncc(N4C[C@@H](CN)OC4=O)c3)c2)CC1. The fourth-order valence-electron chi connectivity index (χ4n) is 15.6. The smallest absolute Gasteiger partial charge is 0.415 e. The molecule has 18 heterocycles. The summed E-state index contributed by atoms with van der Waals surface area (Å²) in [6.07, 6.45) is 24.1. The molecular weight excluding hydrogens is 1620 g/mol. The quantitative estimate of drug-likeness (QED) is 0.0693. The number of pyridine rings is 8. The van der Waals surface area contributed by atoms with Gasteiger partial charge in [-0.2, -0.15) is 0 Å². The van der Waals surface area contributed by atoms with Gasteiger partial charge in [-0.1, -0.05) is 0 Å². The maximum Gasteiger partial charge on any atom is 0.415 e. The number of fused-ring (bicyclic) bond motifs is 4. The highest BCUT2D eigenvalue weighted by Gasteiger charge is 2.39. The van der Waals surface area contributed by atoms with E-state index in [-0.39, 0.29) is 54.5 Å². The Morgan fingerprint density at radius 3 is 1.10 bits per heavy atom. The fraction of sp³-hybridized carbons (Fsp3) is 0.371. The van der Waals surface area contributed by atoms with Crippen LogP contribution in [0.1, 0.15) is 150 Å². The Balaban J connectivity index is 0.000000129. The summed E-state index contributed by atoms with van der Waals surface area (Å²) in [4.78, 5) is 143. The zero-order chi connectivity index (χ0) is 88.6. The third-order valence-corrected chi connectivity index (χ3v) is 23.9. The van der Waals surface area contributed by atoms with Crippen LogP contribution in [0.5, 0.6) is 0 Å². The number of amides is 7. The number of hydrogen-bond donors (Lipinski definition) is 4. The molecule has 6 aliphatic rings. The van der Waals surface area contributed by atoms with Crippen molar-refractivity contribution < 1.29 is 70.5 Å². The monoisotopic (exact) mass is 1710 g/mol. The molecule has 7 amide bonds. The molecule has 0 aliphatic carbocycles. The van der Waals surface area contributed by atoms with Crippen molar-refractivity contribution in [2.24, 2.45) is 17.2 Å². The average Bonchev–Trinajstić information content (AvgIpc) is 1.64. The van der Waals surface area contributed by atoms with Gasteiger partial charge in [0.2, 0.25) is 5.91 Å². The van der Waals surface area contributed by atoms with Crippen molar-refractivity contribution in [2.75, 3.05) is 88.3 Å². The number of ether oxygens (including phenoxy) is 2. The molecule has 0 bridgehead atoms. The summed E-state index contributed by atoms with van der Waals surface area (Å²) in [6.45, 7) is 14.3. The van der Waals surface area contributed by atoms with Crippen molar-refractivity contribution in [2.45, 2.75) is 133 Å². The summed E-state index contributed by atoms with van der Waals surface area (Å²) >= 11 is 0. The van der Waals surface area contributed by atoms with Crippen molar-refractivity contribution >= 4 is 103 Å². The van der Waals surface area contributed by atoms with Crippen LogP contribution in [0.2, 0.25) is 0 Å². The van der Waals surface area contributed by atoms with Crippen LogP contribution in [0.25, 0.3) is 67.0 Å². The second-order valence-electron chi connectivity index (χ2n) is 33.7. The molecular formula is C89H95F4N21O11. The van der Waals surface area contributed by atoms with Gasteiger partial charge in [0.1, 0.15) is 69.1 Å². The van der Waals surface area contributed by atoms with Crippen molar-refractivity contribution in [3.8, 4) is 22.9 Å². The van der Waals surface area contributed by atoms with Crippen LogP contribution in [0.3, 0.4) is 0 Å². The topological polar surface area (TPSA) is 396 Å². The minimum atomic E-state index is -1.21. The van der Waals surface area contributed by atoms with E-state index in [1.165, 1.54) is 28.3 Å². The van der Waals surface area contributed by atoms with E-state index in [9.17, 15) is 55.9 Å². The molecule has 0 aromatic carbocycles. The number of aromatic carboxylic acids is 1. The van der Waals surface area contributed by atoms with E-state index in [4.69, 9.17) is 31.8 Å². The Hall–Kier alpha value is -13.6. The lowest BCUT2D eigenvalue weighted by Crippen LogP contribution is -2.43. The molecule has 18 rings (SSSR count). The van der Waals surface area contributed by atoms with Crippen molar-refractivity contribution in [3.63, 3.8) is 0 Å². The van der Waals surface area contributed by atoms with Crippen LogP contribution in [0, 0.1) is 0 Å². The molecule has 7 N–H and O–H groups in total. The van der Waals surface area contributed by atoms with E-state index in [1.807, 2.05) is 74.8 Å². The van der Waals surface area contributed by atoms with Gasteiger partial charge in [0, 0.05) is 149 Å². The number of halogens is 4. The van der Waals surface area contributed by atoms with E-state index in [1.54, 1.807) is 158 Å². The fourth-order valence-corrected chi connectivity index (χ4v) is 15.6. The number of carbonyl (C=O) groups excluding carboxylic acids is 7. The summed E-state index contributed by atoms with van der Waals surface area (Å²) in [5, 5.41) is 12.2. The first-order valence-electron chi connectivity index (χ1n) is 41.2. The molecule has 6 aliphatic heterocycles. The largest absolute Gasteiger partial charge is 0.478 e. The number of cyclic esters (lactones) is 2. The maximum atomic E-state index is 14.1. The van der Waals surface area contributed by atoms with Gasteiger partial charge < -0.3 is 51.4 Å². The molecule has 650 valence electrons. The first-order valence-corrected chi connectivity index (χ1v) is 41.2. The Kier molecular flexibility index (Phi) is 24.1. The van der Waals surface area contributed by atoms with Gasteiger partial charge in [0.15, 0.2) is 0 Å². The second-order valence-corrected chi connectivity index (χ2v) is 33.7. The summed E-state index contributed by atoms with van der Waals surface area (Å²) in [7, 11) is 0. The average molecular weight is 1710 g/mol. The van der Waals surface area contributed by atoms with E-state index in [2.05, 4.69) is 39.9 Å². The number of rotatable bonds is 15. The number of likely N-dealkylation sites (tertiary alicyclic amines) is 4. The van der Waals surface area contributed by atoms with Crippen molar-refractivity contribution in [3.05, 3.63) is 205 Å². The highest BCUT2D eigenvalue weighted by Crippen LogP contribution is 2.35. The number of primary amides is 1. The predicted octanol–water partition coefficient (Wildman–Crippen LogP) is 11.6. The van der Waals surface area contributed by atoms with Gasteiger partial charge in [0.05, 0.1) is 93.9 Å². The Morgan fingerprint density at radius 1 is 0.408 bits per heavy atom. The molecule has 0 saturated carbocycles. The zero-order valence-corrected chi connectivity index (χ0v) is 69.8. The van der Waals surface area contributed by atoms with E-state index < -0.39 is 52.2 Å². The third-order valence-electron chi connectivity index (χ3n) is 23.9. The van der Waals surface area contributed by atoms with Gasteiger partial charge in [-0.25, -0.2) is 61.8 Å². The Labute approximate surface area is 714 Å². The molecule has 2 atom stereocenters. The molecule has 125 heavy (non-hydrogen) atoms. The van der Waals surface area contributed by atoms with Gasteiger partial charge in [0.25, 0.3) is 23.6 Å². The molecule has 32 nitrogen and oxygen atoms in total. The molecule has 0 unspecified atom stereocenters. The Morgan fingerprint density at radius 2 is 0.744 bits per heavy atom. The van der Waals surface area contributed by atoms with Crippen molar-refractivity contribution in [1.82, 2.24) is 77.7 Å². The number of carboxylic acid groups (broad SMARTS) is 1. The molecule has 12 aromatic rings. The number of alkyl halides is 4. The molecule has 6 fully saturated rings. The second kappa shape index (κ2) is 34.9. The first kappa shape index (κ1) is 86.3. The third kappa shape index (κ3) is 18.8. The summed E-state index contributed by atoms with van der Waals surface area (Å²) < 4.78 is 73.8. The lowest BCUT2D eigenvalue weighted by molar-refractivity contribution is -0.122. The minimum absolute atomic E-state index is 0.104. The molecule has 0 radical (unpaired) electrons. The van der Waals surface area contributed by atoms with Gasteiger partial charge in [-0.3, -0.25) is 62.0 Å². The van der Waals surface area contributed by atoms with Crippen LogP contribution in [-0.2, 0) is 19.7 Å². The maximum absolute atomic E-state index is 14.1. The van der Waals surface area contributed by atoms with E-state index >= 15 is 0 Å². The summed E-state index contributed by atoms with van der Waals surface area (Å²) in [5.41, 5.74) is 19.2. The van der Waals surface area contributed by atoms with Gasteiger partial charge >= 0.3 is 18.2 Å². The van der Waals surface area contributed by atoms with Crippen molar-refractivity contribution in [1.29, 1.82) is 0 Å². The van der Waals surface area contributed by atoms with Gasteiger partial charge in [-0.05, 0) is 183 Å². The Bertz CT molecular complexity index is 6090. The summed E-state index contributed by atoms with van der Waals surface area (Å²) in [5.74, 6) is -1.01. The lowest BCUT2D eigenvalue weighted by atomic mass is 9.85. The van der Waals surface area contributed by atoms with Crippen LogP contribution in [-0.4, -0.2) is 244 Å². The van der Waals surface area contributed by atoms with Crippen LogP contribution in [0.15, 0.2) is 172 Å². The summed E-state index contributed by atoms with van der Waals surface area (Å²) in [6, 6.07) is 25.0. The number of piperidine rings is 4. The van der Waals surface area contributed by atoms with Crippen LogP contribution < -0.4 is 27.0 Å². The number of nitrogens with zero attached hydrogens (tertiary/aromatic N) is 18. The first-order chi connectivity index (χ1) is 59.6. The highest BCUT2D eigenvalue weighted by molar-refractivity contribution is 6.01. The number of carboxylic acids is 1. The van der Waals surface area contributed by atoms with Crippen LogP contribution >= 0.6 is 0 Å². The molecule has 12 aromatic heterocycles. The van der Waals surface area contributed by atoms with Gasteiger partial charge in [-0.15, -0.1) is 0 Å².